The first-order valence-electron chi connectivity index (χ1n) is 20.3. The number of rotatable bonds is 4. The molecule has 9 aromatic rings. The van der Waals surface area contributed by atoms with Crippen molar-refractivity contribution >= 4 is 39.6 Å². The van der Waals surface area contributed by atoms with Crippen molar-refractivity contribution in [1.29, 1.82) is 0 Å². The van der Waals surface area contributed by atoms with Gasteiger partial charge in [-0.2, -0.15) is 0 Å². The molecule has 0 saturated heterocycles. The van der Waals surface area contributed by atoms with Crippen molar-refractivity contribution in [2.75, 3.05) is 4.90 Å². The topological polar surface area (TPSA) is 3.24 Å². The van der Waals surface area contributed by atoms with Crippen LogP contribution in [0.3, 0.4) is 0 Å². The summed E-state index contributed by atoms with van der Waals surface area (Å²) in [5.74, 6) is 0. The van der Waals surface area contributed by atoms with E-state index in [1.54, 1.807) is 0 Å². The minimum atomic E-state index is -0.493. The number of fused-ring (bicyclic) bond motifs is 14. The quantitative estimate of drug-likeness (QED) is 0.176. The van der Waals surface area contributed by atoms with Crippen LogP contribution in [0.25, 0.3) is 44.2 Å². The van der Waals surface area contributed by atoms with Crippen LogP contribution >= 0.6 is 11.8 Å². The highest BCUT2D eigenvalue weighted by Crippen LogP contribution is 2.64. The van der Waals surface area contributed by atoms with E-state index in [4.69, 9.17) is 0 Å². The first-order chi connectivity index (χ1) is 28.5. The maximum absolute atomic E-state index is 2.55. The highest BCUT2D eigenvalue weighted by molar-refractivity contribution is 7.99. The zero-order valence-corrected chi connectivity index (χ0v) is 33.2. The van der Waals surface area contributed by atoms with Crippen LogP contribution in [0.4, 0.5) is 17.1 Å². The summed E-state index contributed by atoms with van der Waals surface area (Å²) in [7, 11) is 0. The largest absolute Gasteiger partial charge is 0.310 e. The lowest BCUT2D eigenvalue weighted by atomic mass is 9.67. The van der Waals surface area contributed by atoms with Crippen LogP contribution in [0, 0.1) is 0 Å². The molecule has 0 bridgehead atoms. The Morgan fingerprint density at radius 1 is 0.379 bits per heavy atom. The van der Waals surface area contributed by atoms with Gasteiger partial charge in [0, 0.05) is 32.0 Å². The van der Waals surface area contributed by atoms with Gasteiger partial charge in [0.1, 0.15) is 0 Å². The summed E-state index contributed by atoms with van der Waals surface area (Å²) in [4.78, 5) is 5.17. The van der Waals surface area contributed by atoms with Gasteiger partial charge in [-0.05, 0) is 109 Å². The van der Waals surface area contributed by atoms with Crippen molar-refractivity contribution in [3.05, 3.63) is 234 Å². The standard InChI is InChI=1S/C56H39NS/c1-55(2)46-23-11-8-18-40(46)43-33-32-39(34-50(43)55)57(38-30-28-37(29-31-38)36-16-4-3-5-17-36)52-35-51-54(45-22-7-6-21-44(45)52)58-53-27-15-14-26-49(53)56(51)47-24-12-9-19-41(47)42-20-10-13-25-48(42)56/h3-35H,1-2H3. The molecule has 12 rings (SSSR count). The van der Waals surface area contributed by atoms with E-state index in [9.17, 15) is 0 Å². The molecule has 0 unspecified atom stereocenters. The molecule has 1 aliphatic heterocycles. The van der Waals surface area contributed by atoms with Gasteiger partial charge in [-0.1, -0.05) is 189 Å². The van der Waals surface area contributed by atoms with Crippen LogP contribution in [0.15, 0.2) is 210 Å². The molecule has 0 amide bonds. The Bertz CT molecular complexity index is 3080. The van der Waals surface area contributed by atoms with E-state index in [1.165, 1.54) is 93.0 Å². The molecule has 0 N–H and O–H groups in total. The second kappa shape index (κ2) is 12.4. The molecular formula is C56H39NS. The summed E-state index contributed by atoms with van der Waals surface area (Å²) in [5, 5.41) is 2.51. The first-order valence-corrected chi connectivity index (χ1v) is 21.1. The molecule has 1 heterocycles. The lowest BCUT2D eigenvalue weighted by Gasteiger charge is -2.41. The van der Waals surface area contributed by atoms with Gasteiger partial charge in [0.25, 0.3) is 0 Å². The molecule has 3 aliphatic rings. The Balaban J connectivity index is 1.17. The van der Waals surface area contributed by atoms with Gasteiger partial charge >= 0.3 is 0 Å². The SMILES string of the molecule is CC1(C)c2ccccc2-c2ccc(N(c3ccc(-c4ccccc4)cc3)c3cc4c(c5ccccc35)Sc3ccccc3C43c4ccccc4-c4ccccc43)cc21. The molecule has 1 nitrogen and oxygen atoms in total. The molecule has 1 spiro atoms. The third-order valence-electron chi connectivity index (χ3n) is 13.1. The monoisotopic (exact) mass is 757 g/mol. The molecule has 0 fully saturated rings. The van der Waals surface area contributed by atoms with Gasteiger partial charge in [-0.15, -0.1) is 0 Å². The van der Waals surface area contributed by atoms with Gasteiger partial charge in [-0.25, -0.2) is 0 Å². The molecule has 9 aromatic carbocycles. The van der Waals surface area contributed by atoms with Crippen molar-refractivity contribution < 1.29 is 0 Å². The van der Waals surface area contributed by atoms with E-state index in [1.807, 2.05) is 11.8 Å². The average molecular weight is 758 g/mol. The van der Waals surface area contributed by atoms with Crippen LogP contribution in [-0.2, 0) is 10.8 Å². The van der Waals surface area contributed by atoms with Crippen LogP contribution in [0.2, 0.25) is 0 Å². The van der Waals surface area contributed by atoms with Gasteiger partial charge in [-0.3, -0.25) is 0 Å². The number of anilines is 3. The Morgan fingerprint density at radius 2 is 0.897 bits per heavy atom. The van der Waals surface area contributed by atoms with Gasteiger partial charge in [0.05, 0.1) is 11.1 Å². The van der Waals surface area contributed by atoms with Crippen molar-refractivity contribution in [2.45, 2.75) is 34.5 Å². The molecule has 2 aliphatic carbocycles. The summed E-state index contributed by atoms with van der Waals surface area (Å²) in [6.07, 6.45) is 0. The third kappa shape index (κ3) is 4.55. The van der Waals surface area contributed by atoms with Gasteiger partial charge in [0.2, 0.25) is 0 Å². The zero-order valence-electron chi connectivity index (χ0n) is 32.4. The molecule has 0 aromatic heterocycles. The molecule has 58 heavy (non-hydrogen) atoms. The fraction of sp³-hybridized carbons (Fsp3) is 0.0714. The van der Waals surface area contributed by atoms with E-state index in [-0.39, 0.29) is 5.41 Å². The highest BCUT2D eigenvalue weighted by Gasteiger charge is 2.51. The van der Waals surface area contributed by atoms with Crippen molar-refractivity contribution in [1.82, 2.24) is 0 Å². The predicted octanol–water partition coefficient (Wildman–Crippen LogP) is 15.1. The van der Waals surface area contributed by atoms with Crippen molar-refractivity contribution in [2.24, 2.45) is 0 Å². The van der Waals surface area contributed by atoms with E-state index >= 15 is 0 Å². The number of hydrogen-bond acceptors (Lipinski definition) is 2. The summed E-state index contributed by atoms with van der Waals surface area (Å²) in [6, 6.07) is 75.0. The fourth-order valence-electron chi connectivity index (χ4n) is 10.5. The Kier molecular flexibility index (Phi) is 7.19. The van der Waals surface area contributed by atoms with Crippen LogP contribution in [0.5, 0.6) is 0 Å². The number of nitrogens with zero attached hydrogens (tertiary/aromatic N) is 1. The zero-order chi connectivity index (χ0) is 38.6. The first kappa shape index (κ1) is 33.5. The average Bonchev–Trinajstić information content (AvgIpc) is 3.70. The highest BCUT2D eigenvalue weighted by atomic mass is 32.2. The van der Waals surface area contributed by atoms with E-state index in [2.05, 4.69) is 219 Å². The van der Waals surface area contributed by atoms with Crippen LogP contribution in [-0.4, -0.2) is 0 Å². The lowest BCUT2D eigenvalue weighted by Crippen LogP contribution is -2.32. The van der Waals surface area contributed by atoms with Gasteiger partial charge in [0.15, 0.2) is 0 Å². The molecule has 2 heteroatoms. The minimum absolute atomic E-state index is 0.135. The maximum Gasteiger partial charge on any atom is 0.0736 e. The summed E-state index contributed by atoms with van der Waals surface area (Å²) in [5.41, 5.74) is 18.7. The van der Waals surface area contributed by atoms with Crippen LogP contribution < -0.4 is 4.90 Å². The maximum atomic E-state index is 2.55. The Morgan fingerprint density at radius 3 is 1.60 bits per heavy atom. The summed E-state index contributed by atoms with van der Waals surface area (Å²) < 4.78 is 0. The van der Waals surface area contributed by atoms with E-state index in [0.29, 0.717) is 0 Å². The molecular weight excluding hydrogens is 719 g/mol. The number of benzene rings is 9. The van der Waals surface area contributed by atoms with Crippen molar-refractivity contribution in [3.63, 3.8) is 0 Å². The molecule has 0 radical (unpaired) electrons. The fourth-order valence-corrected chi connectivity index (χ4v) is 11.8. The summed E-state index contributed by atoms with van der Waals surface area (Å²) in [6.45, 7) is 4.75. The normalized spacial score (nSPS) is 14.6. The third-order valence-corrected chi connectivity index (χ3v) is 14.4. The Labute approximate surface area is 344 Å². The predicted molar refractivity (Wildman–Crippen MR) is 243 cm³/mol. The molecule has 0 saturated carbocycles. The van der Waals surface area contributed by atoms with E-state index < -0.39 is 5.41 Å². The second-order valence-electron chi connectivity index (χ2n) is 16.4. The number of hydrogen-bond donors (Lipinski definition) is 0. The minimum Gasteiger partial charge on any atom is -0.310 e. The second-order valence-corrected chi connectivity index (χ2v) is 17.5. The smallest absolute Gasteiger partial charge is 0.0736 e. The Hall–Kier alpha value is -6.61. The van der Waals surface area contributed by atoms with E-state index in [0.717, 1.165) is 11.4 Å². The summed E-state index contributed by atoms with van der Waals surface area (Å²) >= 11 is 1.92. The van der Waals surface area contributed by atoms with Crippen LogP contribution in [0.1, 0.15) is 47.2 Å². The van der Waals surface area contributed by atoms with Crippen molar-refractivity contribution in [3.8, 4) is 33.4 Å². The lowest BCUT2D eigenvalue weighted by molar-refractivity contribution is 0.660. The van der Waals surface area contributed by atoms with Gasteiger partial charge < -0.3 is 4.90 Å². The molecule has 0 atom stereocenters. The molecule has 274 valence electrons.